The molecule has 1 N–H and O–H groups in total. The number of fused-ring (bicyclic) bond motifs is 1. The number of para-hydroxylation sites is 1. The third-order valence-corrected chi connectivity index (χ3v) is 3.39. The predicted molar refractivity (Wildman–Crippen MR) is 80.7 cm³/mol. The first-order chi connectivity index (χ1) is 10.2. The van der Waals surface area contributed by atoms with Gasteiger partial charge in [0.15, 0.2) is 0 Å². The summed E-state index contributed by atoms with van der Waals surface area (Å²) in [5.41, 5.74) is 2.75. The van der Waals surface area contributed by atoms with Crippen molar-refractivity contribution in [1.29, 1.82) is 0 Å². The molecule has 0 saturated carbocycles. The van der Waals surface area contributed by atoms with E-state index in [0.29, 0.717) is 6.54 Å². The Morgan fingerprint density at radius 3 is 2.90 bits per heavy atom. The van der Waals surface area contributed by atoms with E-state index in [0.717, 1.165) is 27.9 Å². The zero-order valence-electron chi connectivity index (χ0n) is 11.8. The van der Waals surface area contributed by atoms with Crippen LogP contribution in [-0.4, -0.2) is 10.9 Å². The van der Waals surface area contributed by atoms with E-state index < -0.39 is 0 Å². The summed E-state index contributed by atoms with van der Waals surface area (Å²) in [6.07, 6.45) is 1.87. The number of aromatic nitrogens is 1. The number of aryl methyl sites for hydroxylation is 1. The lowest BCUT2D eigenvalue weighted by Gasteiger charge is -2.07. The number of carbonyl (C=O) groups excluding carboxylic acids is 1. The maximum absolute atomic E-state index is 12.0. The summed E-state index contributed by atoms with van der Waals surface area (Å²) < 4.78 is 5.19. The Kier molecular flexibility index (Phi) is 3.69. The maximum Gasteiger partial charge on any atom is 0.226 e. The highest BCUT2D eigenvalue weighted by Gasteiger charge is 2.09. The molecule has 0 aliphatic carbocycles. The van der Waals surface area contributed by atoms with Crippen LogP contribution in [0.3, 0.4) is 0 Å². The highest BCUT2D eigenvalue weighted by molar-refractivity contribution is 5.82. The fourth-order valence-corrected chi connectivity index (χ4v) is 2.25. The summed E-state index contributed by atoms with van der Waals surface area (Å²) in [7, 11) is 0. The lowest BCUT2D eigenvalue weighted by Crippen LogP contribution is -2.25. The topological polar surface area (TPSA) is 55.1 Å². The zero-order valence-corrected chi connectivity index (χ0v) is 11.8. The molecule has 4 nitrogen and oxygen atoms in total. The lowest BCUT2D eigenvalue weighted by molar-refractivity contribution is -0.120. The zero-order chi connectivity index (χ0) is 14.7. The Bertz CT molecular complexity index is 764. The molecule has 0 bridgehead atoms. The number of amides is 1. The second kappa shape index (κ2) is 5.79. The molecule has 4 heteroatoms. The Morgan fingerprint density at radius 1 is 1.24 bits per heavy atom. The molecular formula is C17H16N2O2. The van der Waals surface area contributed by atoms with E-state index in [2.05, 4.69) is 16.4 Å². The normalized spacial score (nSPS) is 10.7. The molecule has 0 unspecified atom stereocenters. The molecule has 2 heterocycles. The standard InChI is InChI=1S/C17H16N2O2/c1-12-9-13-5-2-3-7-15(13)19-16(12)10-17(20)18-11-14-6-4-8-21-14/h2-9H,10-11H2,1H3,(H,18,20). The van der Waals surface area contributed by atoms with Crippen molar-refractivity contribution in [3.63, 3.8) is 0 Å². The molecule has 3 aromatic rings. The summed E-state index contributed by atoms with van der Waals surface area (Å²) in [5, 5.41) is 3.93. The molecule has 0 spiro atoms. The SMILES string of the molecule is Cc1cc2ccccc2nc1CC(=O)NCc1ccco1. The van der Waals surface area contributed by atoms with Gasteiger partial charge in [-0.3, -0.25) is 9.78 Å². The van der Waals surface area contributed by atoms with Crippen LogP contribution in [0.2, 0.25) is 0 Å². The van der Waals surface area contributed by atoms with Gasteiger partial charge in [0.25, 0.3) is 0 Å². The Balaban J connectivity index is 1.71. The van der Waals surface area contributed by atoms with Gasteiger partial charge in [-0.1, -0.05) is 18.2 Å². The van der Waals surface area contributed by atoms with E-state index in [-0.39, 0.29) is 12.3 Å². The predicted octanol–water partition coefficient (Wildman–Crippen LogP) is 3.00. The van der Waals surface area contributed by atoms with Crippen LogP contribution >= 0.6 is 0 Å². The molecule has 0 aliphatic rings. The Hall–Kier alpha value is -2.62. The minimum Gasteiger partial charge on any atom is -0.467 e. The van der Waals surface area contributed by atoms with Gasteiger partial charge in [-0.2, -0.15) is 0 Å². The maximum atomic E-state index is 12.0. The molecular weight excluding hydrogens is 264 g/mol. The summed E-state index contributed by atoms with van der Waals surface area (Å²) in [5.74, 6) is 0.684. The van der Waals surface area contributed by atoms with Crippen LogP contribution < -0.4 is 5.32 Å². The number of nitrogens with zero attached hydrogens (tertiary/aromatic N) is 1. The number of rotatable bonds is 4. The van der Waals surface area contributed by atoms with E-state index in [1.165, 1.54) is 0 Å². The fourth-order valence-electron chi connectivity index (χ4n) is 2.25. The molecule has 0 radical (unpaired) electrons. The molecule has 0 fully saturated rings. The van der Waals surface area contributed by atoms with Gasteiger partial charge in [-0.15, -0.1) is 0 Å². The van der Waals surface area contributed by atoms with Crippen molar-refractivity contribution in [3.8, 4) is 0 Å². The van der Waals surface area contributed by atoms with Crippen LogP contribution in [0.25, 0.3) is 10.9 Å². The van der Waals surface area contributed by atoms with E-state index in [4.69, 9.17) is 4.42 Å². The quantitative estimate of drug-likeness (QED) is 0.799. The fraction of sp³-hybridized carbons (Fsp3) is 0.176. The van der Waals surface area contributed by atoms with Gasteiger partial charge in [0.1, 0.15) is 5.76 Å². The van der Waals surface area contributed by atoms with Crippen molar-refractivity contribution >= 4 is 16.8 Å². The third-order valence-electron chi connectivity index (χ3n) is 3.39. The first kappa shape index (κ1) is 13.4. The number of hydrogen-bond acceptors (Lipinski definition) is 3. The van der Waals surface area contributed by atoms with Crippen LogP contribution in [0.1, 0.15) is 17.0 Å². The van der Waals surface area contributed by atoms with Crippen molar-refractivity contribution in [1.82, 2.24) is 10.3 Å². The second-order valence-electron chi connectivity index (χ2n) is 4.98. The molecule has 0 aliphatic heterocycles. The van der Waals surface area contributed by atoms with Crippen LogP contribution in [0.5, 0.6) is 0 Å². The van der Waals surface area contributed by atoms with Crippen molar-refractivity contribution in [2.24, 2.45) is 0 Å². The van der Waals surface area contributed by atoms with Gasteiger partial charge in [0, 0.05) is 5.39 Å². The average Bonchev–Trinajstić information content (AvgIpc) is 2.99. The van der Waals surface area contributed by atoms with E-state index in [1.807, 2.05) is 37.3 Å². The molecule has 0 saturated heterocycles. The Labute approximate surface area is 122 Å². The average molecular weight is 280 g/mol. The van der Waals surface area contributed by atoms with Crippen molar-refractivity contribution < 1.29 is 9.21 Å². The van der Waals surface area contributed by atoms with Gasteiger partial charge in [-0.05, 0) is 36.8 Å². The second-order valence-corrected chi connectivity index (χ2v) is 4.98. The summed E-state index contributed by atoms with van der Waals surface area (Å²) in [4.78, 5) is 16.6. The van der Waals surface area contributed by atoms with Crippen molar-refractivity contribution in [2.75, 3.05) is 0 Å². The number of carbonyl (C=O) groups is 1. The first-order valence-electron chi connectivity index (χ1n) is 6.87. The van der Waals surface area contributed by atoms with Gasteiger partial charge in [-0.25, -0.2) is 0 Å². The molecule has 3 rings (SSSR count). The lowest BCUT2D eigenvalue weighted by atomic mass is 10.1. The van der Waals surface area contributed by atoms with E-state index in [1.54, 1.807) is 12.3 Å². The summed E-state index contributed by atoms with van der Waals surface area (Å²) >= 11 is 0. The first-order valence-corrected chi connectivity index (χ1v) is 6.87. The number of furan rings is 1. The number of pyridine rings is 1. The van der Waals surface area contributed by atoms with Crippen LogP contribution in [0.4, 0.5) is 0 Å². The van der Waals surface area contributed by atoms with Gasteiger partial charge < -0.3 is 9.73 Å². The number of nitrogens with one attached hydrogen (secondary N) is 1. The Morgan fingerprint density at radius 2 is 2.10 bits per heavy atom. The minimum absolute atomic E-state index is 0.0581. The van der Waals surface area contributed by atoms with E-state index >= 15 is 0 Å². The van der Waals surface area contributed by atoms with Crippen molar-refractivity contribution in [2.45, 2.75) is 19.9 Å². The highest BCUT2D eigenvalue weighted by Crippen LogP contribution is 2.16. The van der Waals surface area contributed by atoms with Crippen molar-refractivity contribution in [3.05, 3.63) is 65.7 Å². The summed E-state index contributed by atoms with van der Waals surface area (Å²) in [6, 6.07) is 13.6. The molecule has 1 amide bonds. The molecule has 106 valence electrons. The minimum atomic E-state index is -0.0581. The smallest absolute Gasteiger partial charge is 0.226 e. The van der Waals surface area contributed by atoms with Crippen LogP contribution in [0, 0.1) is 6.92 Å². The third kappa shape index (κ3) is 3.11. The van der Waals surface area contributed by atoms with Crippen LogP contribution in [-0.2, 0) is 17.8 Å². The monoisotopic (exact) mass is 280 g/mol. The molecule has 0 atom stereocenters. The molecule has 2 aromatic heterocycles. The number of benzene rings is 1. The molecule has 1 aromatic carbocycles. The van der Waals surface area contributed by atoms with E-state index in [9.17, 15) is 4.79 Å². The highest BCUT2D eigenvalue weighted by atomic mass is 16.3. The van der Waals surface area contributed by atoms with Gasteiger partial charge in [0.05, 0.1) is 30.4 Å². The summed E-state index contributed by atoms with van der Waals surface area (Å²) in [6.45, 7) is 2.38. The molecule has 21 heavy (non-hydrogen) atoms. The van der Waals surface area contributed by atoms with Gasteiger partial charge >= 0.3 is 0 Å². The van der Waals surface area contributed by atoms with Gasteiger partial charge in [0.2, 0.25) is 5.91 Å². The largest absolute Gasteiger partial charge is 0.467 e. The number of hydrogen-bond donors (Lipinski definition) is 1. The van der Waals surface area contributed by atoms with Crippen LogP contribution in [0.15, 0.2) is 53.1 Å².